The van der Waals surface area contributed by atoms with Crippen LogP contribution in [0.2, 0.25) is 0 Å². The average molecular weight is 357 g/mol. The van der Waals surface area contributed by atoms with Gasteiger partial charge in [-0.3, -0.25) is 9.59 Å². The second-order valence-electron chi connectivity index (χ2n) is 5.68. The van der Waals surface area contributed by atoms with E-state index in [1.165, 1.54) is 6.92 Å². The first-order valence-electron chi connectivity index (χ1n) is 8.18. The van der Waals surface area contributed by atoms with Crippen molar-refractivity contribution in [3.8, 4) is 17.2 Å². The van der Waals surface area contributed by atoms with E-state index in [0.717, 1.165) is 5.56 Å². The maximum atomic E-state index is 12.3. The van der Waals surface area contributed by atoms with Crippen molar-refractivity contribution >= 4 is 17.4 Å². The van der Waals surface area contributed by atoms with Gasteiger partial charge in [-0.05, 0) is 43.2 Å². The molecule has 2 aromatic rings. The number of hydrogen-bond acceptors (Lipinski definition) is 5. The predicted molar refractivity (Wildman–Crippen MR) is 99.5 cm³/mol. The van der Waals surface area contributed by atoms with Crippen molar-refractivity contribution in [2.24, 2.45) is 0 Å². The molecule has 2 aromatic carbocycles. The van der Waals surface area contributed by atoms with E-state index >= 15 is 0 Å². The number of amides is 1. The lowest BCUT2D eigenvalue weighted by atomic mass is 10.1. The highest BCUT2D eigenvalue weighted by molar-refractivity contribution is 6.03. The summed E-state index contributed by atoms with van der Waals surface area (Å²) in [6.45, 7) is 1.47. The first-order chi connectivity index (χ1) is 12.5. The number of ketones is 1. The van der Waals surface area contributed by atoms with E-state index in [9.17, 15) is 9.59 Å². The summed E-state index contributed by atoms with van der Waals surface area (Å²) in [5.74, 6) is 1.34. The Kier molecular flexibility index (Phi) is 6.60. The number of aryl methyl sites for hydroxylation is 1. The van der Waals surface area contributed by atoms with Crippen LogP contribution in [0.3, 0.4) is 0 Å². The van der Waals surface area contributed by atoms with Crippen LogP contribution in [0, 0.1) is 0 Å². The molecule has 0 heterocycles. The highest BCUT2D eigenvalue weighted by atomic mass is 16.5. The quantitative estimate of drug-likeness (QED) is 0.732. The van der Waals surface area contributed by atoms with Crippen molar-refractivity contribution in [2.75, 3.05) is 26.6 Å². The summed E-state index contributed by atoms with van der Waals surface area (Å²) in [4.78, 5) is 23.9. The SMILES string of the molecule is COc1cc(CCC(=O)Nc2ccccc2C(C)=O)cc(OC)c1OC. The molecule has 0 saturated carbocycles. The maximum absolute atomic E-state index is 12.3. The smallest absolute Gasteiger partial charge is 0.224 e. The number of Topliss-reactive ketones (excluding diaryl/α,β-unsaturated/α-hetero) is 1. The fraction of sp³-hybridized carbons (Fsp3) is 0.300. The molecule has 138 valence electrons. The third-order valence-corrected chi connectivity index (χ3v) is 3.95. The molecule has 0 bridgehead atoms. The van der Waals surface area contributed by atoms with Gasteiger partial charge in [0.1, 0.15) is 0 Å². The molecule has 6 heteroatoms. The molecule has 0 saturated heterocycles. The zero-order valence-corrected chi connectivity index (χ0v) is 15.4. The van der Waals surface area contributed by atoms with Crippen molar-refractivity contribution in [3.05, 3.63) is 47.5 Å². The van der Waals surface area contributed by atoms with Crippen LogP contribution in [-0.4, -0.2) is 33.0 Å². The lowest BCUT2D eigenvalue weighted by Gasteiger charge is -2.14. The van der Waals surface area contributed by atoms with Crippen LogP contribution >= 0.6 is 0 Å². The molecule has 1 N–H and O–H groups in total. The standard InChI is InChI=1S/C20H23NO5/c1-13(22)15-7-5-6-8-16(15)21-19(23)10-9-14-11-17(24-2)20(26-4)18(12-14)25-3/h5-8,11-12H,9-10H2,1-4H3,(H,21,23). The van der Waals surface area contributed by atoms with Crippen LogP contribution in [0.25, 0.3) is 0 Å². The van der Waals surface area contributed by atoms with E-state index in [2.05, 4.69) is 5.32 Å². The molecule has 0 aromatic heterocycles. The van der Waals surface area contributed by atoms with E-state index in [1.54, 1.807) is 45.6 Å². The lowest BCUT2D eigenvalue weighted by Crippen LogP contribution is -2.14. The molecule has 0 atom stereocenters. The highest BCUT2D eigenvalue weighted by Crippen LogP contribution is 2.38. The van der Waals surface area contributed by atoms with Gasteiger partial charge in [0.25, 0.3) is 0 Å². The Balaban J connectivity index is 2.09. The van der Waals surface area contributed by atoms with Gasteiger partial charge in [-0.1, -0.05) is 12.1 Å². The van der Waals surface area contributed by atoms with Gasteiger partial charge in [0.2, 0.25) is 11.7 Å². The Morgan fingerprint density at radius 2 is 1.58 bits per heavy atom. The van der Waals surface area contributed by atoms with Crippen LogP contribution in [0.15, 0.2) is 36.4 Å². The molecule has 26 heavy (non-hydrogen) atoms. The van der Waals surface area contributed by atoms with Gasteiger partial charge in [-0.25, -0.2) is 0 Å². The van der Waals surface area contributed by atoms with Gasteiger partial charge in [-0.15, -0.1) is 0 Å². The van der Waals surface area contributed by atoms with Crippen LogP contribution in [0.5, 0.6) is 17.2 Å². The first-order valence-corrected chi connectivity index (χ1v) is 8.18. The number of benzene rings is 2. The van der Waals surface area contributed by atoms with Gasteiger partial charge in [0.05, 0.1) is 27.0 Å². The van der Waals surface area contributed by atoms with Gasteiger partial charge >= 0.3 is 0 Å². The number of nitrogens with one attached hydrogen (secondary N) is 1. The summed E-state index contributed by atoms with van der Waals surface area (Å²) in [5.41, 5.74) is 1.90. The number of hydrogen-bond donors (Lipinski definition) is 1. The van der Waals surface area contributed by atoms with Crippen LogP contribution in [0.1, 0.15) is 29.3 Å². The molecule has 0 aliphatic rings. The number of rotatable bonds is 8. The molecule has 0 aliphatic carbocycles. The Morgan fingerprint density at radius 1 is 0.962 bits per heavy atom. The molecule has 0 radical (unpaired) electrons. The van der Waals surface area contributed by atoms with Crippen molar-refractivity contribution in [1.82, 2.24) is 0 Å². The minimum absolute atomic E-state index is 0.0921. The van der Waals surface area contributed by atoms with E-state index < -0.39 is 0 Å². The number of carbonyl (C=O) groups excluding carboxylic acids is 2. The summed E-state index contributed by atoms with van der Waals surface area (Å²) in [6.07, 6.45) is 0.746. The van der Waals surface area contributed by atoms with Crippen molar-refractivity contribution in [3.63, 3.8) is 0 Å². The number of ether oxygens (including phenoxy) is 3. The van der Waals surface area contributed by atoms with Gasteiger partial charge < -0.3 is 19.5 Å². The lowest BCUT2D eigenvalue weighted by molar-refractivity contribution is -0.116. The molecule has 0 unspecified atom stereocenters. The number of anilines is 1. The Hall–Kier alpha value is -3.02. The maximum Gasteiger partial charge on any atom is 0.224 e. The van der Waals surface area contributed by atoms with E-state index in [0.29, 0.717) is 34.9 Å². The summed E-state index contributed by atoms with van der Waals surface area (Å²) in [7, 11) is 4.64. The molecule has 0 fully saturated rings. The van der Waals surface area contributed by atoms with Crippen LogP contribution in [0.4, 0.5) is 5.69 Å². The normalized spacial score (nSPS) is 10.2. The third kappa shape index (κ3) is 4.53. The van der Waals surface area contributed by atoms with E-state index in [4.69, 9.17) is 14.2 Å². The topological polar surface area (TPSA) is 73.9 Å². The summed E-state index contributed by atoms with van der Waals surface area (Å²) < 4.78 is 15.9. The monoisotopic (exact) mass is 357 g/mol. The van der Waals surface area contributed by atoms with Crippen molar-refractivity contribution < 1.29 is 23.8 Å². The summed E-state index contributed by atoms with van der Waals surface area (Å²) >= 11 is 0. The van der Waals surface area contributed by atoms with Gasteiger partial charge in [0, 0.05) is 12.0 Å². The second kappa shape index (κ2) is 8.89. The van der Waals surface area contributed by atoms with Gasteiger partial charge in [0.15, 0.2) is 17.3 Å². The average Bonchev–Trinajstić information content (AvgIpc) is 2.65. The fourth-order valence-corrected chi connectivity index (χ4v) is 2.65. The molecule has 2 rings (SSSR count). The van der Waals surface area contributed by atoms with E-state index in [-0.39, 0.29) is 18.1 Å². The largest absolute Gasteiger partial charge is 0.493 e. The minimum atomic E-state index is -0.174. The Bertz CT molecular complexity index is 776. The first kappa shape index (κ1) is 19.3. The van der Waals surface area contributed by atoms with Crippen LogP contribution < -0.4 is 19.5 Å². The fourth-order valence-electron chi connectivity index (χ4n) is 2.65. The summed E-state index contributed by atoms with van der Waals surface area (Å²) in [5, 5.41) is 2.79. The second-order valence-corrected chi connectivity index (χ2v) is 5.68. The van der Waals surface area contributed by atoms with Crippen molar-refractivity contribution in [1.29, 1.82) is 0 Å². The van der Waals surface area contributed by atoms with Crippen molar-refractivity contribution in [2.45, 2.75) is 19.8 Å². The molecular weight excluding hydrogens is 334 g/mol. The number of para-hydroxylation sites is 1. The summed E-state index contributed by atoms with van der Waals surface area (Å²) in [6, 6.07) is 10.6. The number of carbonyl (C=O) groups is 2. The zero-order valence-electron chi connectivity index (χ0n) is 15.4. The highest BCUT2D eigenvalue weighted by Gasteiger charge is 2.14. The third-order valence-electron chi connectivity index (χ3n) is 3.95. The molecule has 6 nitrogen and oxygen atoms in total. The molecule has 1 amide bonds. The molecule has 0 aliphatic heterocycles. The van der Waals surface area contributed by atoms with Crippen LogP contribution in [-0.2, 0) is 11.2 Å². The Labute approximate surface area is 153 Å². The molecular formula is C20H23NO5. The van der Waals surface area contributed by atoms with E-state index in [1.807, 2.05) is 12.1 Å². The van der Waals surface area contributed by atoms with Gasteiger partial charge in [-0.2, -0.15) is 0 Å². The Morgan fingerprint density at radius 3 is 2.12 bits per heavy atom. The minimum Gasteiger partial charge on any atom is -0.493 e. The molecule has 0 spiro atoms. The predicted octanol–water partition coefficient (Wildman–Crippen LogP) is 3.49. The zero-order chi connectivity index (χ0) is 19.1. The number of methoxy groups -OCH3 is 3.